The maximum atomic E-state index is 12.6. The number of thioether (sulfide) groups is 1. The van der Waals surface area contributed by atoms with Gasteiger partial charge in [0, 0.05) is 11.4 Å². The Balaban J connectivity index is 1.26. The molecule has 0 aliphatic heterocycles. The number of hydrogen-bond donors (Lipinski definition) is 2. The second-order valence-corrected chi connectivity index (χ2v) is 9.81. The summed E-state index contributed by atoms with van der Waals surface area (Å²) in [6.45, 7) is 4.44. The number of carbonyl (C=O) groups is 1. The fourth-order valence-corrected chi connectivity index (χ4v) is 4.75. The Labute approximate surface area is 226 Å². The normalized spacial score (nSPS) is 11.5. The van der Waals surface area contributed by atoms with Crippen molar-refractivity contribution in [2.75, 3.05) is 11.1 Å². The third-order valence-corrected chi connectivity index (χ3v) is 6.99. The van der Waals surface area contributed by atoms with Crippen molar-refractivity contribution in [3.05, 3.63) is 114 Å². The molecule has 0 unspecified atom stereocenters. The molecule has 2 N–H and O–H groups in total. The van der Waals surface area contributed by atoms with Crippen LogP contribution >= 0.6 is 11.8 Å². The van der Waals surface area contributed by atoms with Crippen LogP contribution in [0.1, 0.15) is 23.9 Å². The molecule has 0 saturated carbocycles. The van der Waals surface area contributed by atoms with E-state index in [2.05, 4.69) is 69.4 Å². The summed E-state index contributed by atoms with van der Waals surface area (Å²) in [6, 6.07) is 32.4. The third-order valence-electron chi connectivity index (χ3n) is 6.06. The van der Waals surface area contributed by atoms with Crippen molar-refractivity contribution in [2.24, 2.45) is 5.10 Å². The standard InChI is InChI=1S/C30H28N6OS/c1-21-12-16-26(17-13-21)31-19-28-33-35-30(36(28)27-10-4-3-5-11-27)38-20-29(37)34-32-22(2)24-15-14-23-8-6-7-9-25(23)18-24/h3-18,31H,19-20H2,1-2H3,(H,34,37). The van der Waals surface area contributed by atoms with Crippen molar-refractivity contribution in [3.63, 3.8) is 0 Å². The smallest absolute Gasteiger partial charge is 0.250 e. The van der Waals surface area contributed by atoms with Crippen LogP contribution in [0.5, 0.6) is 0 Å². The fourth-order valence-electron chi connectivity index (χ4n) is 3.98. The van der Waals surface area contributed by atoms with E-state index in [0.29, 0.717) is 11.7 Å². The third kappa shape index (κ3) is 6.10. The molecule has 1 heterocycles. The summed E-state index contributed by atoms with van der Waals surface area (Å²) in [5.74, 6) is 0.701. The van der Waals surface area contributed by atoms with Crippen LogP contribution in [0.3, 0.4) is 0 Å². The first-order chi connectivity index (χ1) is 18.6. The molecule has 38 heavy (non-hydrogen) atoms. The summed E-state index contributed by atoms with van der Waals surface area (Å²) in [5.41, 5.74) is 7.53. The minimum Gasteiger partial charge on any atom is -0.378 e. The zero-order chi connectivity index (χ0) is 26.3. The van der Waals surface area contributed by atoms with E-state index < -0.39 is 0 Å². The number of benzene rings is 4. The molecule has 0 bridgehead atoms. The highest BCUT2D eigenvalue weighted by molar-refractivity contribution is 7.99. The van der Waals surface area contributed by atoms with Gasteiger partial charge in [0.05, 0.1) is 18.0 Å². The molecule has 0 aliphatic carbocycles. The van der Waals surface area contributed by atoms with Gasteiger partial charge in [-0.2, -0.15) is 5.10 Å². The SMILES string of the molecule is CC(=NNC(=O)CSc1nnc(CNc2ccc(C)cc2)n1-c1ccccc1)c1ccc2ccccc2c1. The maximum Gasteiger partial charge on any atom is 0.250 e. The van der Waals surface area contributed by atoms with Gasteiger partial charge in [0.2, 0.25) is 0 Å². The van der Waals surface area contributed by atoms with Gasteiger partial charge < -0.3 is 5.32 Å². The number of carbonyl (C=O) groups excluding carboxylic acids is 1. The van der Waals surface area contributed by atoms with Gasteiger partial charge >= 0.3 is 0 Å². The molecule has 8 heteroatoms. The van der Waals surface area contributed by atoms with Crippen molar-refractivity contribution in [2.45, 2.75) is 25.5 Å². The molecule has 0 spiro atoms. The molecular weight excluding hydrogens is 492 g/mol. The number of rotatable bonds is 9. The molecule has 5 rings (SSSR count). The molecule has 0 atom stereocenters. The number of hydrogen-bond acceptors (Lipinski definition) is 6. The summed E-state index contributed by atoms with van der Waals surface area (Å²) < 4.78 is 1.97. The lowest BCUT2D eigenvalue weighted by atomic mass is 10.0. The molecular formula is C30H28N6OS. The van der Waals surface area contributed by atoms with E-state index in [-0.39, 0.29) is 11.7 Å². The molecule has 0 saturated heterocycles. The van der Waals surface area contributed by atoms with Crippen LogP contribution in [-0.4, -0.2) is 32.1 Å². The van der Waals surface area contributed by atoms with Crippen LogP contribution in [0.4, 0.5) is 5.69 Å². The Morgan fingerprint density at radius 2 is 1.63 bits per heavy atom. The highest BCUT2D eigenvalue weighted by atomic mass is 32.2. The summed E-state index contributed by atoms with van der Waals surface area (Å²) >= 11 is 1.32. The van der Waals surface area contributed by atoms with E-state index in [4.69, 9.17) is 0 Å². The second-order valence-electron chi connectivity index (χ2n) is 8.87. The summed E-state index contributed by atoms with van der Waals surface area (Å²) in [6.07, 6.45) is 0. The van der Waals surface area contributed by atoms with E-state index in [1.807, 2.05) is 72.2 Å². The Morgan fingerprint density at radius 3 is 2.42 bits per heavy atom. The molecule has 5 aromatic rings. The fraction of sp³-hybridized carbons (Fsp3) is 0.133. The van der Waals surface area contributed by atoms with E-state index >= 15 is 0 Å². The van der Waals surface area contributed by atoms with Gasteiger partial charge in [0.1, 0.15) is 0 Å². The maximum absolute atomic E-state index is 12.6. The van der Waals surface area contributed by atoms with Crippen LogP contribution in [0.2, 0.25) is 0 Å². The first-order valence-electron chi connectivity index (χ1n) is 12.3. The van der Waals surface area contributed by atoms with Gasteiger partial charge in [0.25, 0.3) is 5.91 Å². The van der Waals surface area contributed by atoms with Crippen LogP contribution in [0.15, 0.2) is 107 Å². The summed E-state index contributed by atoms with van der Waals surface area (Å²) in [5, 5.41) is 19.5. The first kappa shape index (κ1) is 25.2. The molecule has 1 amide bonds. The molecule has 4 aromatic carbocycles. The first-order valence-corrected chi connectivity index (χ1v) is 13.3. The van der Waals surface area contributed by atoms with Crippen LogP contribution in [-0.2, 0) is 11.3 Å². The highest BCUT2D eigenvalue weighted by Gasteiger charge is 2.16. The lowest BCUT2D eigenvalue weighted by Gasteiger charge is -2.11. The number of nitrogens with one attached hydrogen (secondary N) is 2. The number of amides is 1. The topological polar surface area (TPSA) is 84.2 Å². The van der Waals surface area contributed by atoms with E-state index in [1.165, 1.54) is 22.7 Å². The van der Waals surface area contributed by atoms with E-state index in [9.17, 15) is 4.79 Å². The van der Waals surface area contributed by atoms with Gasteiger partial charge in [-0.25, -0.2) is 5.43 Å². The summed E-state index contributed by atoms with van der Waals surface area (Å²) in [4.78, 5) is 12.6. The van der Waals surface area contributed by atoms with Gasteiger partial charge in [-0.1, -0.05) is 84.1 Å². The van der Waals surface area contributed by atoms with Crippen molar-refractivity contribution in [3.8, 4) is 5.69 Å². The van der Waals surface area contributed by atoms with Crippen molar-refractivity contribution < 1.29 is 4.79 Å². The second kappa shape index (κ2) is 11.7. The molecule has 0 radical (unpaired) electrons. The number of anilines is 1. The van der Waals surface area contributed by atoms with E-state index in [0.717, 1.165) is 33.9 Å². The average molecular weight is 521 g/mol. The largest absolute Gasteiger partial charge is 0.378 e. The quantitative estimate of drug-likeness (QED) is 0.142. The number of para-hydroxylation sites is 1. The number of nitrogens with zero attached hydrogens (tertiary/aromatic N) is 4. The zero-order valence-corrected chi connectivity index (χ0v) is 22.1. The highest BCUT2D eigenvalue weighted by Crippen LogP contribution is 2.23. The van der Waals surface area contributed by atoms with Gasteiger partial charge in [-0.15, -0.1) is 10.2 Å². The zero-order valence-electron chi connectivity index (χ0n) is 21.3. The lowest BCUT2D eigenvalue weighted by Crippen LogP contribution is -2.21. The Bertz CT molecular complexity index is 1580. The minimum atomic E-state index is -0.211. The Morgan fingerprint density at radius 1 is 0.895 bits per heavy atom. The number of fused-ring (bicyclic) bond motifs is 1. The van der Waals surface area contributed by atoms with Crippen molar-refractivity contribution >= 4 is 39.8 Å². The number of hydrazone groups is 1. The predicted octanol–water partition coefficient (Wildman–Crippen LogP) is 5.97. The van der Waals surface area contributed by atoms with Gasteiger partial charge in [0.15, 0.2) is 11.0 Å². The van der Waals surface area contributed by atoms with Crippen molar-refractivity contribution in [1.82, 2.24) is 20.2 Å². The monoisotopic (exact) mass is 520 g/mol. The Hall–Kier alpha value is -4.43. The average Bonchev–Trinajstić information content (AvgIpc) is 3.37. The number of aromatic nitrogens is 3. The van der Waals surface area contributed by atoms with Gasteiger partial charge in [-0.3, -0.25) is 9.36 Å². The van der Waals surface area contributed by atoms with Gasteiger partial charge in [-0.05, 0) is 60.5 Å². The molecule has 0 aliphatic rings. The van der Waals surface area contributed by atoms with Crippen LogP contribution in [0.25, 0.3) is 16.5 Å². The van der Waals surface area contributed by atoms with Crippen LogP contribution in [0, 0.1) is 6.92 Å². The molecule has 190 valence electrons. The Kier molecular flexibility index (Phi) is 7.80. The predicted molar refractivity (Wildman–Crippen MR) is 155 cm³/mol. The summed E-state index contributed by atoms with van der Waals surface area (Å²) in [7, 11) is 0. The minimum absolute atomic E-state index is 0.158. The lowest BCUT2D eigenvalue weighted by molar-refractivity contribution is -0.118. The van der Waals surface area contributed by atoms with Crippen molar-refractivity contribution in [1.29, 1.82) is 0 Å². The molecule has 0 fully saturated rings. The number of aryl methyl sites for hydroxylation is 1. The molecule has 1 aromatic heterocycles. The van der Waals surface area contributed by atoms with E-state index in [1.54, 1.807) is 0 Å². The molecule has 7 nitrogen and oxygen atoms in total. The van der Waals surface area contributed by atoms with Crippen LogP contribution < -0.4 is 10.7 Å².